The van der Waals surface area contributed by atoms with E-state index in [1.54, 1.807) is 14.2 Å². The van der Waals surface area contributed by atoms with E-state index in [0.29, 0.717) is 0 Å². The third-order valence-electron chi connectivity index (χ3n) is 9.60. The Morgan fingerprint density at radius 1 is 0.239 bits per heavy atom. The van der Waals surface area contributed by atoms with E-state index in [9.17, 15) is 0 Å². The van der Waals surface area contributed by atoms with Gasteiger partial charge in [-0.15, -0.1) is 0 Å². The fraction of sp³-hybridized carbons (Fsp3) is 0.0455. The van der Waals surface area contributed by atoms with Crippen molar-refractivity contribution in [1.82, 2.24) is 0 Å². The Labute approximate surface area is 267 Å². The minimum Gasteiger partial charge on any atom is -0.495 e. The molecule has 0 aliphatic rings. The molecule has 0 heterocycles. The van der Waals surface area contributed by atoms with Crippen LogP contribution in [0.2, 0.25) is 0 Å². The third kappa shape index (κ3) is 3.64. The smallest absolute Gasteiger partial charge is 0.134 e. The first-order valence-electron chi connectivity index (χ1n) is 15.7. The van der Waals surface area contributed by atoms with Crippen molar-refractivity contribution in [3.05, 3.63) is 146 Å². The van der Waals surface area contributed by atoms with Crippen LogP contribution in [-0.2, 0) is 0 Å². The normalized spacial score (nSPS) is 11.7. The molecule has 9 aromatic carbocycles. The zero-order chi connectivity index (χ0) is 30.8. The van der Waals surface area contributed by atoms with Gasteiger partial charge in [0.1, 0.15) is 11.5 Å². The number of methoxy groups -OCH3 is 2. The van der Waals surface area contributed by atoms with Gasteiger partial charge in [-0.1, -0.05) is 146 Å². The van der Waals surface area contributed by atoms with E-state index >= 15 is 0 Å². The SMILES string of the molecule is COc1c2ccccc2c(-c2c3ccccc3c(-c3c4ccccc4c(OC)c4ccccc34)c3ccccc23)c2ccccc12. The molecule has 9 rings (SSSR count). The van der Waals surface area contributed by atoms with Crippen LogP contribution in [0.3, 0.4) is 0 Å². The second kappa shape index (κ2) is 10.4. The van der Waals surface area contributed by atoms with E-state index in [1.807, 2.05) is 0 Å². The maximum absolute atomic E-state index is 6.07. The second-order valence-electron chi connectivity index (χ2n) is 11.8. The maximum atomic E-state index is 6.07. The fourth-order valence-corrected chi connectivity index (χ4v) is 7.82. The van der Waals surface area contributed by atoms with Crippen molar-refractivity contribution < 1.29 is 9.47 Å². The third-order valence-corrected chi connectivity index (χ3v) is 9.60. The Bertz CT molecular complexity index is 2310. The molecule has 0 saturated carbocycles. The number of hydrogen-bond acceptors (Lipinski definition) is 2. The van der Waals surface area contributed by atoms with Crippen LogP contribution >= 0.6 is 0 Å². The first-order chi connectivity index (χ1) is 22.8. The molecule has 0 aromatic heterocycles. The Kier molecular flexibility index (Phi) is 5.97. The lowest BCUT2D eigenvalue weighted by molar-refractivity contribution is 0.424. The van der Waals surface area contributed by atoms with Crippen molar-refractivity contribution in [1.29, 1.82) is 0 Å². The van der Waals surface area contributed by atoms with Gasteiger partial charge in [-0.2, -0.15) is 0 Å². The molecule has 0 aliphatic carbocycles. The maximum Gasteiger partial charge on any atom is 0.134 e. The lowest BCUT2D eigenvalue weighted by Gasteiger charge is -2.23. The predicted octanol–water partition coefficient (Wildman–Crippen LogP) is 12.0. The van der Waals surface area contributed by atoms with Crippen molar-refractivity contribution >= 4 is 64.6 Å². The van der Waals surface area contributed by atoms with Gasteiger partial charge in [0.15, 0.2) is 0 Å². The van der Waals surface area contributed by atoms with Gasteiger partial charge >= 0.3 is 0 Å². The molecule has 9 aromatic rings. The summed E-state index contributed by atoms with van der Waals surface area (Å²) >= 11 is 0. The Hall–Kier alpha value is -5.86. The number of ether oxygens (including phenoxy) is 2. The number of hydrogen-bond donors (Lipinski definition) is 0. The molecule has 0 radical (unpaired) electrons. The number of rotatable bonds is 4. The fourth-order valence-electron chi connectivity index (χ4n) is 7.82. The molecule has 0 unspecified atom stereocenters. The Morgan fingerprint density at radius 3 is 0.565 bits per heavy atom. The highest BCUT2D eigenvalue weighted by Gasteiger charge is 2.24. The lowest BCUT2D eigenvalue weighted by Crippen LogP contribution is -1.96. The van der Waals surface area contributed by atoms with Crippen LogP contribution in [0.15, 0.2) is 146 Å². The van der Waals surface area contributed by atoms with E-state index in [-0.39, 0.29) is 0 Å². The summed E-state index contributed by atoms with van der Waals surface area (Å²) in [5, 5.41) is 14.1. The van der Waals surface area contributed by atoms with Gasteiger partial charge in [-0.25, -0.2) is 0 Å². The molecule has 218 valence electrons. The second-order valence-corrected chi connectivity index (χ2v) is 11.8. The molecular formula is C44H30O2. The van der Waals surface area contributed by atoms with E-state index < -0.39 is 0 Å². The van der Waals surface area contributed by atoms with Crippen molar-refractivity contribution in [2.45, 2.75) is 0 Å². The van der Waals surface area contributed by atoms with Crippen LogP contribution in [0.4, 0.5) is 0 Å². The highest BCUT2D eigenvalue weighted by atomic mass is 16.5. The van der Waals surface area contributed by atoms with Gasteiger partial charge in [-0.05, 0) is 65.3 Å². The van der Waals surface area contributed by atoms with E-state index in [1.165, 1.54) is 65.3 Å². The van der Waals surface area contributed by atoms with Gasteiger partial charge in [0.2, 0.25) is 0 Å². The Morgan fingerprint density at radius 2 is 0.391 bits per heavy atom. The van der Waals surface area contributed by atoms with Crippen molar-refractivity contribution in [2.75, 3.05) is 14.2 Å². The van der Waals surface area contributed by atoms with Crippen LogP contribution in [0.1, 0.15) is 0 Å². The van der Waals surface area contributed by atoms with Crippen LogP contribution in [0, 0.1) is 0 Å². The molecule has 46 heavy (non-hydrogen) atoms. The van der Waals surface area contributed by atoms with Gasteiger partial charge in [-0.3, -0.25) is 0 Å². The first-order valence-corrected chi connectivity index (χ1v) is 15.7. The molecule has 0 N–H and O–H groups in total. The first kappa shape index (κ1) is 26.5. The van der Waals surface area contributed by atoms with Gasteiger partial charge < -0.3 is 9.47 Å². The molecule has 2 heteroatoms. The summed E-state index contributed by atoms with van der Waals surface area (Å²) in [4.78, 5) is 0. The van der Waals surface area contributed by atoms with Crippen molar-refractivity contribution in [3.8, 4) is 33.8 Å². The minimum atomic E-state index is 0.913. The molecule has 2 nitrogen and oxygen atoms in total. The van der Waals surface area contributed by atoms with E-state index in [2.05, 4.69) is 146 Å². The molecule has 0 aliphatic heterocycles. The molecular weight excluding hydrogens is 560 g/mol. The average molecular weight is 591 g/mol. The van der Waals surface area contributed by atoms with Gasteiger partial charge in [0.25, 0.3) is 0 Å². The zero-order valence-electron chi connectivity index (χ0n) is 25.7. The zero-order valence-corrected chi connectivity index (χ0v) is 25.7. The quantitative estimate of drug-likeness (QED) is 0.190. The number of benzene rings is 9. The summed E-state index contributed by atoms with van der Waals surface area (Å²) in [6.45, 7) is 0. The van der Waals surface area contributed by atoms with Crippen LogP contribution in [0.5, 0.6) is 11.5 Å². The largest absolute Gasteiger partial charge is 0.495 e. The van der Waals surface area contributed by atoms with E-state index in [4.69, 9.17) is 9.47 Å². The van der Waals surface area contributed by atoms with Crippen LogP contribution in [-0.4, -0.2) is 14.2 Å². The Balaban J connectivity index is 1.54. The molecule has 0 amide bonds. The topological polar surface area (TPSA) is 18.5 Å². The highest BCUT2D eigenvalue weighted by molar-refractivity contribution is 6.31. The van der Waals surface area contributed by atoms with Gasteiger partial charge in [0.05, 0.1) is 14.2 Å². The van der Waals surface area contributed by atoms with Gasteiger partial charge in [0, 0.05) is 21.5 Å². The minimum absolute atomic E-state index is 0.913. The summed E-state index contributed by atoms with van der Waals surface area (Å²) < 4.78 is 12.1. The summed E-state index contributed by atoms with van der Waals surface area (Å²) in [6, 6.07) is 52.5. The molecule has 0 saturated heterocycles. The predicted molar refractivity (Wildman–Crippen MR) is 195 cm³/mol. The molecule has 0 bridgehead atoms. The molecule has 0 spiro atoms. The standard InChI is InChI=1S/C44H30O2/c1-45-43-35-23-11-7-19-31(35)41(32-20-8-12-24-36(32)43)39-27-15-3-5-17-29(27)40(30-18-6-4-16-28(30)39)42-33-21-9-13-25-37(33)44(46-2)38-26-14-10-22-34(38)42/h3-26H,1-2H3. The average Bonchev–Trinajstić information content (AvgIpc) is 3.12. The lowest BCUT2D eigenvalue weighted by atomic mass is 9.81. The number of fused-ring (bicyclic) bond motifs is 6. The molecule has 0 fully saturated rings. The summed E-state index contributed by atoms with van der Waals surface area (Å²) in [5.74, 6) is 1.83. The van der Waals surface area contributed by atoms with Crippen molar-refractivity contribution in [3.63, 3.8) is 0 Å². The van der Waals surface area contributed by atoms with Crippen molar-refractivity contribution in [2.24, 2.45) is 0 Å². The van der Waals surface area contributed by atoms with E-state index in [0.717, 1.165) is 33.0 Å². The summed E-state index contributed by atoms with van der Waals surface area (Å²) in [6.07, 6.45) is 0. The summed E-state index contributed by atoms with van der Waals surface area (Å²) in [5.41, 5.74) is 4.95. The monoisotopic (exact) mass is 590 g/mol. The van der Waals surface area contributed by atoms with Crippen LogP contribution < -0.4 is 9.47 Å². The molecule has 0 atom stereocenters. The highest BCUT2D eigenvalue weighted by Crippen LogP contribution is 2.52. The van der Waals surface area contributed by atoms with Crippen LogP contribution in [0.25, 0.3) is 86.9 Å². The summed E-state index contributed by atoms with van der Waals surface area (Å²) in [7, 11) is 3.55.